The second-order valence-corrected chi connectivity index (χ2v) is 6.93. The van der Waals surface area contributed by atoms with Gasteiger partial charge in [-0.05, 0) is 49.6 Å². The maximum atomic E-state index is 12.6. The van der Waals surface area contributed by atoms with Crippen LogP contribution >= 0.6 is 0 Å². The summed E-state index contributed by atoms with van der Waals surface area (Å²) in [6.07, 6.45) is 8.70. The van der Waals surface area contributed by atoms with Crippen LogP contribution in [0.2, 0.25) is 0 Å². The van der Waals surface area contributed by atoms with E-state index in [-0.39, 0.29) is 5.91 Å². The number of aryl methyl sites for hydroxylation is 1. The Kier molecular flexibility index (Phi) is 9.26. The van der Waals surface area contributed by atoms with Crippen LogP contribution in [-0.2, 0) is 11.2 Å². The number of carbonyl (C=O) groups is 2. The molecule has 2 rings (SSSR count). The van der Waals surface area contributed by atoms with E-state index in [0.29, 0.717) is 23.4 Å². The zero-order valence-electron chi connectivity index (χ0n) is 17.0. The summed E-state index contributed by atoms with van der Waals surface area (Å²) in [5.41, 5.74) is 2.64. The van der Waals surface area contributed by atoms with Gasteiger partial charge in [-0.1, -0.05) is 63.3 Å². The molecular weight excluding hydrogens is 350 g/mol. The Bertz CT molecular complexity index is 753. The zero-order chi connectivity index (χ0) is 20.2. The van der Waals surface area contributed by atoms with Gasteiger partial charge < -0.3 is 10.1 Å². The molecule has 2 aromatic carbocycles. The number of ether oxygens (including phenoxy) is 1. The van der Waals surface area contributed by atoms with Crippen molar-refractivity contribution in [2.75, 3.05) is 11.9 Å². The smallest absolute Gasteiger partial charge is 0.340 e. The van der Waals surface area contributed by atoms with Crippen molar-refractivity contribution in [3.05, 3.63) is 65.2 Å². The van der Waals surface area contributed by atoms with Crippen molar-refractivity contribution >= 4 is 17.6 Å². The third-order valence-corrected chi connectivity index (χ3v) is 4.71. The van der Waals surface area contributed by atoms with E-state index in [9.17, 15) is 9.59 Å². The minimum Gasteiger partial charge on any atom is -0.462 e. The van der Waals surface area contributed by atoms with E-state index in [0.717, 1.165) is 6.42 Å². The Morgan fingerprint density at radius 2 is 1.54 bits per heavy atom. The number of hydrogen-bond donors (Lipinski definition) is 1. The van der Waals surface area contributed by atoms with Gasteiger partial charge >= 0.3 is 5.97 Å². The molecule has 4 nitrogen and oxygen atoms in total. The van der Waals surface area contributed by atoms with E-state index in [1.54, 1.807) is 31.2 Å². The van der Waals surface area contributed by atoms with Gasteiger partial charge in [-0.25, -0.2) is 4.79 Å². The molecule has 0 spiro atoms. The van der Waals surface area contributed by atoms with Gasteiger partial charge in [0, 0.05) is 5.56 Å². The molecule has 1 N–H and O–H groups in total. The van der Waals surface area contributed by atoms with Crippen molar-refractivity contribution in [2.45, 2.75) is 58.8 Å². The summed E-state index contributed by atoms with van der Waals surface area (Å²) in [4.78, 5) is 24.6. The van der Waals surface area contributed by atoms with Crippen molar-refractivity contribution in [1.29, 1.82) is 0 Å². The first kappa shape index (κ1) is 21.7. The minimum absolute atomic E-state index is 0.233. The van der Waals surface area contributed by atoms with Crippen LogP contribution in [0.15, 0.2) is 48.5 Å². The molecule has 150 valence electrons. The monoisotopic (exact) mass is 381 g/mol. The average molecular weight is 382 g/mol. The van der Waals surface area contributed by atoms with Crippen molar-refractivity contribution in [3.63, 3.8) is 0 Å². The standard InChI is InChI=1S/C24H31NO3/c1-3-5-6-7-8-9-12-19-15-17-20(18-16-19)23(26)25-22-14-11-10-13-21(22)24(27)28-4-2/h10-11,13-18H,3-9,12H2,1-2H3,(H,25,26). The Morgan fingerprint density at radius 3 is 2.25 bits per heavy atom. The number of anilines is 1. The van der Waals surface area contributed by atoms with Gasteiger partial charge in [0.25, 0.3) is 5.91 Å². The van der Waals surface area contributed by atoms with E-state index in [2.05, 4.69) is 12.2 Å². The predicted octanol–water partition coefficient (Wildman–Crippen LogP) is 6.02. The van der Waals surface area contributed by atoms with Gasteiger partial charge in [-0.2, -0.15) is 0 Å². The fourth-order valence-corrected chi connectivity index (χ4v) is 3.11. The van der Waals surface area contributed by atoms with Crippen LogP contribution in [0.25, 0.3) is 0 Å². The quantitative estimate of drug-likeness (QED) is 0.382. The van der Waals surface area contributed by atoms with Crippen LogP contribution in [0.1, 0.15) is 78.7 Å². The molecule has 0 saturated carbocycles. The molecule has 0 fully saturated rings. The molecule has 4 heteroatoms. The molecule has 0 unspecified atom stereocenters. The van der Waals surface area contributed by atoms with Crippen LogP contribution in [-0.4, -0.2) is 18.5 Å². The van der Waals surface area contributed by atoms with Gasteiger partial charge in [0.05, 0.1) is 17.9 Å². The number of unbranched alkanes of at least 4 members (excludes halogenated alkanes) is 5. The number of hydrogen-bond acceptors (Lipinski definition) is 3. The number of carbonyl (C=O) groups excluding carboxylic acids is 2. The molecule has 0 radical (unpaired) electrons. The molecule has 2 aromatic rings. The molecule has 28 heavy (non-hydrogen) atoms. The fraction of sp³-hybridized carbons (Fsp3) is 0.417. The topological polar surface area (TPSA) is 55.4 Å². The second kappa shape index (κ2) is 12.0. The number of esters is 1. The molecule has 0 aliphatic rings. The molecule has 0 bridgehead atoms. The minimum atomic E-state index is -0.437. The second-order valence-electron chi connectivity index (χ2n) is 6.93. The summed E-state index contributed by atoms with van der Waals surface area (Å²) in [5, 5.41) is 2.82. The highest BCUT2D eigenvalue weighted by molar-refractivity contribution is 6.08. The number of amides is 1. The first-order valence-electron chi connectivity index (χ1n) is 10.3. The highest BCUT2D eigenvalue weighted by Gasteiger charge is 2.14. The van der Waals surface area contributed by atoms with E-state index < -0.39 is 5.97 Å². The van der Waals surface area contributed by atoms with Crippen LogP contribution in [0.5, 0.6) is 0 Å². The van der Waals surface area contributed by atoms with E-state index in [4.69, 9.17) is 4.74 Å². The predicted molar refractivity (Wildman–Crippen MR) is 114 cm³/mol. The Labute approximate surface area is 168 Å². The summed E-state index contributed by atoms with van der Waals surface area (Å²) in [7, 11) is 0. The van der Waals surface area contributed by atoms with Crippen molar-refractivity contribution in [1.82, 2.24) is 0 Å². The maximum absolute atomic E-state index is 12.6. The highest BCUT2D eigenvalue weighted by atomic mass is 16.5. The lowest BCUT2D eigenvalue weighted by molar-refractivity contribution is 0.0527. The number of rotatable bonds is 11. The largest absolute Gasteiger partial charge is 0.462 e. The summed E-state index contributed by atoms with van der Waals surface area (Å²) in [6.45, 7) is 4.28. The van der Waals surface area contributed by atoms with Gasteiger partial charge in [-0.3, -0.25) is 4.79 Å². The Morgan fingerprint density at radius 1 is 0.857 bits per heavy atom. The Balaban J connectivity index is 1.91. The van der Waals surface area contributed by atoms with E-state index in [1.165, 1.54) is 44.1 Å². The zero-order valence-corrected chi connectivity index (χ0v) is 17.0. The third kappa shape index (κ3) is 6.84. The van der Waals surface area contributed by atoms with Gasteiger partial charge in [-0.15, -0.1) is 0 Å². The van der Waals surface area contributed by atoms with Crippen LogP contribution in [0, 0.1) is 0 Å². The highest BCUT2D eigenvalue weighted by Crippen LogP contribution is 2.18. The molecule has 0 heterocycles. The maximum Gasteiger partial charge on any atom is 0.340 e. The molecule has 1 amide bonds. The molecular formula is C24H31NO3. The van der Waals surface area contributed by atoms with Crippen LogP contribution in [0.3, 0.4) is 0 Å². The molecule has 0 aliphatic carbocycles. The summed E-state index contributed by atoms with van der Waals surface area (Å²) in [5.74, 6) is -0.671. The SMILES string of the molecule is CCCCCCCCc1ccc(C(=O)Nc2ccccc2C(=O)OCC)cc1. The lowest BCUT2D eigenvalue weighted by Gasteiger charge is -2.10. The lowest BCUT2D eigenvalue weighted by atomic mass is 10.0. The van der Waals surface area contributed by atoms with Gasteiger partial charge in [0.15, 0.2) is 0 Å². The average Bonchev–Trinajstić information content (AvgIpc) is 2.71. The van der Waals surface area contributed by atoms with Crippen molar-refractivity contribution in [3.8, 4) is 0 Å². The molecule has 0 aliphatic heterocycles. The molecule has 0 aromatic heterocycles. The van der Waals surface area contributed by atoms with Crippen LogP contribution < -0.4 is 5.32 Å². The van der Waals surface area contributed by atoms with Crippen molar-refractivity contribution < 1.29 is 14.3 Å². The number of nitrogens with one attached hydrogen (secondary N) is 1. The summed E-state index contributed by atoms with van der Waals surface area (Å²) >= 11 is 0. The first-order valence-corrected chi connectivity index (χ1v) is 10.3. The Hall–Kier alpha value is -2.62. The van der Waals surface area contributed by atoms with Crippen molar-refractivity contribution in [2.24, 2.45) is 0 Å². The first-order chi connectivity index (χ1) is 13.7. The summed E-state index contributed by atoms with van der Waals surface area (Å²) < 4.78 is 5.05. The lowest BCUT2D eigenvalue weighted by Crippen LogP contribution is -2.15. The third-order valence-electron chi connectivity index (χ3n) is 4.71. The summed E-state index contributed by atoms with van der Waals surface area (Å²) in [6, 6.07) is 14.6. The molecule has 0 atom stereocenters. The van der Waals surface area contributed by atoms with E-state index >= 15 is 0 Å². The number of benzene rings is 2. The van der Waals surface area contributed by atoms with Crippen LogP contribution in [0.4, 0.5) is 5.69 Å². The normalized spacial score (nSPS) is 10.5. The number of para-hydroxylation sites is 1. The fourth-order valence-electron chi connectivity index (χ4n) is 3.11. The van der Waals surface area contributed by atoms with Gasteiger partial charge in [0.2, 0.25) is 0 Å². The molecule has 0 saturated heterocycles. The van der Waals surface area contributed by atoms with E-state index in [1.807, 2.05) is 24.3 Å². The van der Waals surface area contributed by atoms with Gasteiger partial charge in [0.1, 0.15) is 0 Å².